The molecule has 1 saturated heterocycles. The van der Waals surface area contributed by atoms with E-state index in [1.54, 1.807) is 0 Å². The van der Waals surface area contributed by atoms with Gasteiger partial charge in [-0.25, -0.2) is 4.99 Å². The van der Waals surface area contributed by atoms with Crippen LogP contribution in [0, 0.1) is 11.8 Å². The third-order valence-corrected chi connectivity index (χ3v) is 2.75. The fraction of sp³-hybridized carbons (Fsp3) is 0.727. The van der Waals surface area contributed by atoms with Crippen molar-refractivity contribution in [2.45, 2.75) is 26.7 Å². The molecule has 0 bridgehead atoms. The van der Waals surface area contributed by atoms with Gasteiger partial charge >= 0.3 is 0 Å². The minimum Gasteiger partial charge on any atom is -0.381 e. The summed E-state index contributed by atoms with van der Waals surface area (Å²) in [5.41, 5.74) is 0.969. The summed E-state index contributed by atoms with van der Waals surface area (Å²) in [4.78, 5) is 20.3. The van der Waals surface area contributed by atoms with Crippen LogP contribution in [0.25, 0.3) is 0 Å². The van der Waals surface area contributed by atoms with Crippen LogP contribution in [-0.4, -0.2) is 30.7 Å². The number of carbonyl (C=O) groups excluding carboxylic acids is 1. The Labute approximate surface area is 89.4 Å². The Morgan fingerprint density at radius 3 is 2.87 bits per heavy atom. The van der Waals surface area contributed by atoms with E-state index in [0.717, 1.165) is 18.6 Å². The second kappa shape index (κ2) is 4.23. The third-order valence-electron chi connectivity index (χ3n) is 2.75. The second-order valence-corrected chi connectivity index (χ2v) is 4.27. The summed E-state index contributed by atoms with van der Waals surface area (Å²) in [6, 6.07) is 0. The molecule has 2 heterocycles. The van der Waals surface area contributed by atoms with Crippen LogP contribution in [0.3, 0.4) is 0 Å². The topological polar surface area (TPSA) is 51.0 Å². The van der Waals surface area contributed by atoms with Gasteiger partial charge in [-0.1, -0.05) is 13.8 Å². The fourth-order valence-corrected chi connectivity index (χ4v) is 1.84. The Bertz CT molecular complexity index is 331. The maximum Gasteiger partial charge on any atom is 0.256 e. The van der Waals surface area contributed by atoms with Crippen LogP contribution in [0.4, 0.5) is 0 Å². The Morgan fingerprint density at radius 2 is 2.13 bits per heavy atom. The van der Waals surface area contributed by atoms with Gasteiger partial charge in [-0.3, -0.25) is 4.79 Å². The van der Waals surface area contributed by atoms with E-state index in [-0.39, 0.29) is 17.7 Å². The molecule has 0 aliphatic carbocycles. The molecular weight excluding hydrogens is 192 g/mol. The summed E-state index contributed by atoms with van der Waals surface area (Å²) < 4.78 is 5.35. The van der Waals surface area contributed by atoms with Crippen LogP contribution in [0.1, 0.15) is 26.7 Å². The molecule has 1 amide bonds. The molecular formula is C11H16N2O2. The van der Waals surface area contributed by atoms with E-state index in [9.17, 15) is 4.79 Å². The SMILES string of the molecule is CC(C)C1=NC(=O)[C@H]2CCOCCC2=N1. The Morgan fingerprint density at radius 1 is 1.33 bits per heavy atom. The first-order valence-electron chi connectivity index (χ1n) is 5.46. The number of aliphatic imine (C=N–C) groups is 2. The van der Waals surface area contributed by atoms with Crippen molar-refractivity contribution in [3.8, 4) is 0 Å². The van der Waals surface area contributed by atoms with Crippen molar-refractivity contribution >= 4 is 17.5 Å². The fourth-order valence-electron chi connectivity index (χ4n) is 1.84. The predicted molar refractivity (Wildman–Crippen MR) is 58.3 cm³/mol. The molecule has 2 aliphatic rings. The van der Waals surface area contributed by atoms with Gasteiger partial charge in [0.15, 0.2) is 0 Å². The first-order chi connectivity index (χ1) is 7.18. The molecule has 0 radical (unpaired) electrons. The highest BCUT2D eigenvalue weighted by Crippen LogP contribution is 2.20. The van der Waals surface area contributed by atoms with Gasteiger partial charge in [-0.2, -0.15) is 4.99 Å². The zero-order chi connectivity index (χ0) is 10.8. The molecule has 0 aromatic rings. The number of nitrogens with zero attached hydrogens (tertiary/aromatic N) is 2. The number of amidine groups is 1. The van der Waals surface area contributed by atoms with Gasteiger partial charge in [-0.05, 0) is 6.42 Å². The lowest BCUT2D eigenvalue weighted by Gasteiger charge is -2.19. The Balaban J connectivity index is 2.26. The number of rotatable bonds is 1. The molecule has 4 heteroatoms. The van der Waals surface area contributed by atoms with Gasteiger partial charge in [-0.15, -0.1) is 0 Å². The summed E-state index contributed by atoms with van der Waals surface area (Å²) in [5.74, 6) is 0.740. The van der Waals surface area contributed by atoms with E-state index >= 15 is 0 Å². The van der Waals surface area contributed by atoms with Crippen molar-refractivity contribution < 1.29 is 9.53 Å². The molecule has 1 fully saturated rings. The van der Waals surface area contributed by atoms with Gasteiger partial charge in [0.2, 0.25) is 0 Å². The minimum atomic E-state index is -0.116. The normalized spacial score (nSPS) is 26.9. The van der Waals surface area contributed by atoms with E-state index < -0.39 is 0 Å². The highest BCUT2D eigenvalue weighted by Gasteiger charge is 2.30. The van der Waals surface area contributed by atoms with Crippen LogP contribution >= 0.6 is 0 Å². The highest BCUT2D eigenvalue weighted by atomic mass is 16.5. The van der Waals surface area contributed by atoms with Crippen LogP contribution in [0.5, 0.6) is 0 Å². The van der Waals surface area contributed by atoms with Crippen molar-refractivity contribution in [2.75, 3.05) is 13.2 Å². The largest absolute Gasteiger partial charge is 0.381 e. The lowest BCUT2D eigenvalue weighted by molar-refractivity contribution is -0.120. The molecule has 1 atom stereocenters. The average Bonchev–Trinajstić information content (AvgIpc) is 2.42. The van der Waals surface area contributed by atoms with E-state index in [2.05, 4.69) is 9.98 Å². The number of amides is 1. The van der Waals surface area contributed by atoms with Crippen LogP contribution in [0.2, 0.25) is 0 Å². The summed E-state index contributed by atoms with van der Waals surface area (Å²) in [6.07, 6.45) is 1.49. The number of fused-ring (bicyclic) bond motifs is 1. The van der Waals surface area contributed by atoms with Crippen LogP contribution in [-0.2, 0) is 9.53 Å². The average molecular weight is 208 g/mol. The molecule has 0 aromatic carbocycles. The molecule has 0 N–H and O–H groups in total. The first kappa shape index (κ1) is 10.5. The molecule has 0 aromatic heterocycles. The number of carbonyl (C=O) groups is 1. The van der Waals surface area contributed by atoms with Crippen molar-refractivity contribution in [1.29, 1.82) is 0 Å². The lowest BCUT2D eigenvalue weighted by Crippen LogP contribution is -2.29. The summed E-state index contributed by atoms with van der Waals surface area (Å²) in [7, 11) is 0. The van der Waals surface area contributed by atoms with E-state index in [0.29, 0.717) is 19.0 Å². The zero-order valence-electron chi connectivity index (χ0n) is 9.19. The maximum absolute atomic E-state index is 11.8. The van der Waals surface area contributed by atoms with Crippen LogP contribution < -0.4 is 0 Å². The van der Waals surface area contributed by atoms with Crippen molar-refractivity contribution in [2.24, 2.45) is 21.8 Å². The summed E-state index contributed by atoms with van der Waals surface area (Å²) >= 11 is 0. The van der Waals surface area contributed by atoms with Gasteiger partial charge in [0.25, 0.3) is 5.91 Å². The van der Waals surface area contributed by atoms with Gasteiger partial charge in [0, 0.05) is 24.7 Å². The minimum absolute atomic E-state index is 0.0331. The number of hydrogen-bond acceptors (Lipinski definition) is 3. The second-order valence-electron chi connectivity index (χ2n) is 4.27. The lowest BCUT2D eigenvalue weighted by atomic mass is 9.95. The molecule has 2 aliphatic heterocycles. The van der Waals surface area contributed by atoms with Gasteiger partial charge in [0.1, 0.15) is 5.84 Å². The Hall–Kier alpha value is -1.03. The molecule has 0 saturated carbocycles. The highest BCUT2D eigenvalue weighted by molar-refractivity contribution is 6.16. The molecule has 0 unspecified atom stereocenters. The zero-order valence-corrected chi connectivity index (χ0v) is 9.19. The van der Waals surface area contributed by atoms with E-state index in [1.807, 2.05) is 13.8 Å². The molecule has 82 valence electrons. The van der Waals surface area contributed by atoms with Crippen molar-refractivity contribution in [3.05, 3.63) is 0 Å². The predicted octanol–water partition coefficient (Wildman–Crippen LogP) is 1.45. The van der Waals surface area contributed by atoms with E-state index in [1.165, 1.54) is 0 Å². The third kappa shape index (κ3) is 2.15. The van der Waals surface area contributed by atoms with Gasteiger partial charge in [0.05, 0.1) is 12.5 Å². The summed E-state index contributed by atoms with van der Waals surface area (Å²) in [5, 5.41) is 0. The van der Waals surface area contributed by atoms with Gasteiger partial charge < -0.3 is 4.74 Å². The van der Waals surface area contributed by atoms with Crippen molar-refractivity contribution in [3.63, 3.8) is 0 Å². The molecule has 0 spiro atoms. The molecule has 4 nitrogen and oxygen atoms in total. The number of hydrogen-bond donors (Lipinski definition) is 0. The smallest absolute Gasteiger partial charge is 0.256 e. The standard InChI is InChI=1S/C11H16N2O2/c1-7(2)10-12-9-4-6-15-5-3-8(9)11(14)13-10/h7-8H,3-6H2,1-2H3/t8-/m0/s1. The molecule has 2 rings (SSSR count). The maximum atomic E-state index is 11.8. The first-order valence-corrected chi connectivity index (χ1v) is 5.46. The number of ether oxygens (including phenoxy) is 1. The van der Waals surface area contributed by atoms with Crippen LogP contribution in [0.15, 0.2) is 9.98 Å². The monoisotopic (exact) mass is 208 g/mol. The van der Waals surface area contributed by atoms with Crippen molar-refractivity contribution in [1.82, 2.24) is 0 Å². The van der Waals surface area contributed by atoms with E-state index in [4.69, 9.17) is 4.74 Å². The Kier molecular flexibility index (Phi) is 2.95. The quantitative estimate of drug-likeness (QED) is 0.654. The molecule has 15 heavy (non-hydrogen) atoms. The summed E-state index contributed by atoms with van der Waals surface area (Å²) in [6.45, 7) is 5.32.